The molecule has 6 nitrogen and oxygen atoms in total. The lowest BCUT2D eigenvalue weighted by atomic mass is 10.3. The van der Waals surface area contributed by atoms with Gasteiger partial charge in [-0.05, 0) is 13.3 Å². The number of carbonyl (C=O) groups is 1. The Morgan fingerprint density at radius 2 is 2.20 bits per heavy atom. The maximum absolute atomic E-state index is 11.1. The Bertz CT molecular complexity index is 322. The van der Waals surface area contributed by atoms with Crippen LogP contribution in [0.25, 0.3) is 0 Å². The molecular weight excluding hydrogens is 224 g/mol. The van der Waals surface area contributed by atoms with E-state index in [0.717, 1.165) is 0 Å². The minimum absolute atomic E-state index is 0.134. The van der Waals surface area contributed by atoms with Crippen molar-refractivity contribution < 1.29 is 26.9 Å². The molecule has 1 heterocycles. The van der Waals surface area contributed by atoms with E-state index in [-0.39, 0.29) is 13.2 Å². The molecule has 1 fully saturated rings. The Morgan fingerprint density at radius 1 is 1.53 bits per heavy atom. The van der Waals surface area contributed by atoms with E-state index >= 15 is 0 Å². The molecule has 0 radical (unpaired) electrons. The smallest absolute Gasteiger partial charge is 0.434 e. The molecule has 15 heavy (non-hydrogen) atoms. The fourth-order valence-corrected chi connectivity index (χ4v) is 2.11. The van der Waals surface area contributed by atoms with Crippen molar-refractivity contribution in [1.82, 2.24) is 0 Å². The van der Waals surface area contributed by atoms with Gasteiger partial charge in [-0.15, -0.1) is 0 Å². The second-order valence-electron chi connectivity index (χ2n) is 3.24. The molecule has 0 aromatic rings. The minimum Gasteiger partial charge on any atom is -0.434 e. The molecule has 0 spiro atoms. The van der Waals surface area contributed by atoms with Crippen molar-refractivity contribution in [2.75, 3.05) is 13.2 Å². The molecule has 0 amide bonds. The van der Waals surface area contributed by atoms with Gasteiger partial charge in [0.25, 0.3) is 10.1 Å². The number of hydrogen-bond donors (Lipinski definition) is 0. The highest BCUT2D eigenvalue weighted by atomic mass is 32.2. The molecule has 0 saturated carbocycles. The Hall–Kier alpha value is -0.820. The normalized spacial score (nSPS) is 28.7. The lowest BCUT2D eigenvalue weighted by Crippen LogP contribution is -2.29. The van der Waals surface area contributed by atoms with Crippen LogP contribution in [0.3, 0.4) is 0 Å². The molecule has 0 N–H and O–H groups in total. The first-order valence-electron chi connectivity index (χ1n) is 4.69. The van der Waals surface area contributed by atoms with Crippen molar-refractivity contribution in [3.8, 4) is 0 Å². The van der Waals surface area contributed by atoms with Crippen LogP contribution < -0.4 is 0 Å². The Morgan fingerprint density at radius 3 is 2.67 bits per heavy atom. The van der Waals surface area contributed by atoms with Crippen LogP contribution in [0, 0.1) is 0 Å². The Kier molecular flexibility index (Phi) is 3.92. The predicted octanol–water partition coefficient (Wildman–Crippen LogP) is 0.667. The molecule has 2 unspecified atom stereocenters. The fourth-order valence-electron chi connectivity index (χ4n) is 1.06. The highest BCUT2D eigenvalue weighted by molar-refractivity contribution is 7.87. The zero-order valence-electron chi connectivity index (χ0n) is 8.63. The molecule has 0 bridgehead atoms. The van der Waals surface area contributed by atoms with Crippen molar-refractivity contribution in [2.45, 2.75) is 31.6 Å². The van der Waals surface area contributed by atoms with Crippen LogP contribution >= 0.6 is 0 Å². The predicted molar refractivity (Wildman–Crippen MR) is 50.8 cm³/mol. The van der Waals surface area contributed by atoms with E-state index in [1.807, 2.05) is 6.92 Å². The Labute approximate surface area is 88.6 Å². The maximum atomic E-state index is 11.1. The van der Waals surface area contributed by atoms with E-state index in [2.05, 4.69) is 8.92 Å². The topological polar surface area (TPSA) is 78.9 Å². The van der Waals surface area contributed by atoms with Gasteiger partial charge in [0.05, 0.1) is 6.61 Å². The molecule has 1 aliphatic heterocycles. The maximum Gasteiger partial charge on any atom is 0.508 e. The van der Waals surface area contributed by atoms with Crippen LogP contribution in [0.5, 0.6) is 0 Å². The molecule has 2 atom stereocenters. The quantitative estimate of drug-likeness (QED) is 0.531. The molecule has 0 aromatic carbocycles. The summed E-state index contributed by atoms with van der Waals surface area (Å²) >= 11 is 0. The highest BCUT2D eigenvalue weighted by Crippen LogP contribution is 2.20. The van der Waals surface area contributed by atoms with Crippen LogP contribution in [0.4, 0.5) is 4.79 Å². The van der Waals surface area contributed by atoms with E-state index in [1.54, 1.807) is 0 Å². The summed E-state index contributed by atoms with van der Waals surface area (Å²) in [6, 6.07) is 0. The minimum atomic E-state index is -3.57. The van der Waals surface area contributed by atoms with Gasteiger partial charge in [0, 0.05) is 0 Å². The third kappa shape index (κ3) is 3.07. The number of hydrogen-bond acceptors (Lipinski definition) is 6. The molecule has 1 aliphatic rings. The van der Waals surface area contributed by atoms with Gasteiger partial charge in [0.15, 0.2) is 0 Å². The molecular formula is C8H14O6S. The van der Waals surface area contributed by atoms with Crippen LogP contribution in [-0.2, 0) is 23.8 Å². The van der Waals surface area contributed by atoms with Gasteiger partial charge in [-0.2, -0.15) is 8.42 Å². The molecule has 7 heteroatoms. The van der Waals surface area contributed by atoms with Crippen LogP contribution in [0.15, 0.2) is 0 Å². The van der Waals surface area contributed by atoms with Gasteiger partial charge in [-0.1, -0.05) is 6.92 Å². The second kappa shape index (κ2) is 4.80. The summed E-state index contributed by atoms with van der Waals surface area (Å²) in [5, 5.41) is -0.841. The average molecular weight is 238 g/mol. The largest absolute Gasteiger partial charge is 0.508 e. The van der Waals surface area contributed by atoms with Crippen LogP contribution in [-0.4, -0.2) is 39.1 Å². The lowest BCUT2D eigenvalue weighted by Gasteiger charge is -2.12. The van der Waals surface area contributed by atoms with Gasteiger partial charge in [-0.25, -0.2) is 4.79 Å². The van der Waals surface area contributed by atoms with Crippen molar-refractivity contribution in [2.24, 2.45) is 0 Å². The summed E-state index contributed by atoms with van der Waals surface area (Å²) in [5.41, 5.74) is 0. The average Bonchev–Trinajstić information content (AvgIpc) is 2.42. The summed E-state index contributed by atoms with van der Waals surface area (Å²) in [6.45, 7) is 3.40. The first kappa shape index (κ1) is 12.3. The van der Waals surface area contributed by atoms with Gasteiger partial charge >= 0.3 is 6.16 Å². The van der Waals surface area contributed by atoms with E-state index in [9.17, 15) is 13.2 Å². The summed E-state index contributed by atoms with van der Waals surface area (Å²) in [5.74, 6) is 0. The summed E-state index contributed by atoms with van der Waals surface area (Å²) in [4.78, 5) is 11.0. The SMILES string of the molecule is CCCOC(=O)OC1COS(=O)(=O)C1C. The van der Waals surface area contributed by atoms with E-state index < -0.39 is 27.6 Å². The summed E-state index contributed by atoms with van der Waals surface area (Å²) in [6.07, 6.45) is -0.946. The lowest BCUT2D eigenvalue weighted by molar-refractivity contribution is 0.0179. The standard InChI is InChI=1S/C8H14O6S/c1-3-4-12-8(9)14-7-5-13-15(10,11)6(7)2/h6-7H,3-5H2,1-2H3. The van der Waals surface area contributed by atoms with E-state index in [1.165, 1.54) is 6.92 Å². The molecule has 88 valence electrons. The van der Waals surface area contributed by atoms with Gasteiger partial charge in [0.2, 0.25) is 0 Å². The Balaban J connectivity index is 2.44. The highest BCUT2D eigenvalue weighted by Gasteiger charge is 2.41. The van der Waals surface area contributed by atoms with Gasteiger partial charge in [-0.3, -0.25) is 4.18 Å². The zero-order valence-corrected chi connectivity index (χ0v) is 9.45. The molecule has 1 saturated heterocycles. The second-order valence-corrected chi connectivity index (χ2v) is 5.20. The third-order valence-corrected chi connectivity index (χ3v) is 3.73. The third-order valence-electron chi connectivity index (χ3n) is 2.05. The number of rotatable bonds is 3. The van der Waals surface area contributed by atoms with Crippen molar-refractivity contribution in [3.05, 3.63) is 0 Å². The molecule has 0 aliphatic carbocycles. The summed E-state index contributed by atoms with van der Waals surface area (Å²) < 4.78 is 36.2. The van der Waals surface area contributed by atoms with E-state index in [0.29, 0.717) is 6.42 Å². The zero-order chi connectivity index (χ0) is 11.5. The monoisotopic (exact) mass is 238 g/mol. The van der Waals surface area contributed by atoms with Gasteiger partial charge < -0.3 is 9.47 Å². The number of carbonyl (C=O) groups excluding carboxylic acids is 1. The molecule has 0 aromatic heterocycles. The first-order chi connectivity index (χ1) is 6.97. The van der Waals surface area contributed by atoms with Crippen LogP contribution in [0.1, 0.15) is 20.3 Å². The summed E-state index contributed by atoms with van der Waals surface area (Å²) in [7, 11) is -3.57. The van der Waals surface area contributed by atoms with Crippen molar-refractivity contribution in [1.29, 1.82) is 0 Å². The number of ether oxygens (including phenoxy) is 2. The van der Waals surface area contributed by atoms with Crippen molar-refractivity contribution >= 4 is 16.3 Å². The molecule has 1 rings (SSSR count). The van der Waals surface area contributed by atoms with Gasteiger partial charge in [0.1, 0.15) is 18.0 Å². The van der Waals surface area contributed by atoms with E-state index in [4.69, 9.17) is 4.74 Å². The van der Waals surface area contributed by atoms with Crippen LogP contribution in [0.2, 0.25) is 0 Å². The first-order valence-corrected chi connectivity index (χ1v) is 6.16. The van der Waals surface area contributed by atoms with Crippen molar-refractivity contribution in [3.63, 3.8) is 0 Å². The fraction of sp³-hybridized carbons (Fsp3) is 0.875.